The Hall–Kier alpha value is -4.07. The third-order valence-corrected chi connectivity index (χ3v) is 18.4. The third kappa shape index (κ3) is 11.2. The summed E-state index contributed by atoms with van der Waals surface area (Å²) >= 11 is 34.0. The van der Waals surface area contributed by atoms with Crippen molar-refractivity contribution in [1.29, 1.82) is 0 Å². The highest BCUT2D eigenvalue weighted by Gasteiger charge is 2.58. The Morgan fingerprint density at radius 3 is 1.92 bits per heavy atom. The molecular formula is C52H36Cl4I4O17. The molecule has 0 saturated heterocycles. The van der Waals surface area contributed by atoms with Gasteiger partial charge in [0, 0.05) is 35.3 Å². The minimum atomic E-state index is -1.94. The summed E-state index contributed by atoms with van der Waals surface area (Å²) in [4.78, 5) is 94.1. The van der Waals surface area contributed by atoms with E-state index in [-0.39, 0.29) is 125 Å². The molecule has 77 heavy (non-hydrogen) atoms. The van der Waals surface area contributed by atoms with E-state index in [4.69, 9.17) is 70.1 Å². The SMILES string of the molecule is C=C(C)C(=O)O[C@@H]1CC[C@H](O)CCC(CO)C[C@H](OC(=O)c2cc(C(=O)c3ccc(C(=O)Oc4c(I)cc5c(c4I)Oc4c(cc(I)c(O)c4I)C54OC(=O)c5c(Cl)c(Cl)c(Cl)c(Cl)c54)c(C(=O)O)c3)ccc2C(=O)O)C1. The minimum absolute atomic E-state index is 0.0201. The van der Waals surface area contributed by atoms with Crippen molar-refractivity contribution in [2.75, 3.05) is 6.61 Å². The zero-order valence-electron chi connectivity index (χ0n) is 39.2. The van der Waals surface area contributed by atoms with Gasteiger partial charge in [0.2, 0.25) is 0 Å². The Labute approximate surface area is 511 Å². The number of carboxylic acid groups (broad SMARTS) is 2. The number of carbonyl (C=O) groups is 7. The minimum Gasteiger partial charge on any atom is -0.506 e. The molecule has 0 amide bonds. The van der Waals surface area contributed by atoms with Crippen LogP contribution in [0.15, 0.2) is 60.7 Å². The smallest absolute Gasteiger partial charge is 0.344 e. The number of fused-ring (bicyclic) bond motifs is 6. The van der Waals surface area contributed by atoms with E-state index in [1.165, 1.54) is 19.1 Å². The number of carbonyl (C=O) groups excluding carboxylic acids is 5. The van der Waals surface area contributed by atoms with Crippen molar-refractivity contribution < 1.29 is 82.8 Å². The first-order chi connectivity index (χ1) is 36.3. The van der Waals surface area contributed by atoms with E-state index in [0.29, 0.717) is 16.4 Å². The van der Waals surface area contributed by atoms with Crippen molar-refractivity contribution in [3.8, 4) is 23.0 Å². The lowest BCUT2D eigenvalue weighted by Crippen LogP contribution is -2.34. The molecule has 0 bridgehead atoms. The van der Waals surface area contributed by atoms with Gasteiger partial charge >= 0.3 is 35.8 Å². The van der Waals surface area contributed by atoms with E-state index >= 15 is 0 Å². The van der Waals surface area contributed by atoms with E-state index < -0.39 is 93.7 Å². The molecule has 5 aromatic carbocycles. The van der Waals surface area contributed by atoms with Crippen LogP contribution < -0.4 is 9.47 Å². The number of aliphatic hydroxyl groups excluding tert-OH is 2. The van der Waals surface area contributed by atoms with Crippen LogP contribution in [0.4, 0.5) is 0 Å². The molecule has 2 heterocycles. The predicted octanol–water partition coefficient (Wildman–Crippen LogP) is 12.2. The second-order valence-corrected chi connectivity index (χ2v) is 24.0. The monoisotopic (exact) mass is 1580 g/mol. The van der Waals surface area contributed by atoms with Crippen LogP contribution in [0.2, 0.25) is 20.1 Å². The second-order valence-electron chi connectivity index (χ2n) is 18.0. The average Bonchev–Trinajstić information content (AvgIpc) is 3.94. The molecule has 25 heteroatoms. The Bertz CT molecular complexity index is 3440. The summed E-state index contributed by atoms with van der Waals surface area (Å²) in [5.74, 6) is -8.88. The fourth-order valence-corrected chi connectivity index (χ4v) is 14.1. The first-order valence-corrected chi connectivity index (χ1v) is 28.5. The largest absolute Gasteiger partial charge is 0.506 e. The number of benzene rings is 5. The summed E-state index contributed by atoms with van der Waals surface area (Å²) in [6.45, 7) is 4.71. The number of hydrogen-bond acceptors (Lipinski definition) is 15. The number of aliphatic hydroxyl groups is 2. The van der Waals surface area contributed by atoms with Gasteiger partial charge in [0.25, 0.3) is 0 Å². The fraction of sp³-hybridized carbons (Fsp3) is 0.250. The number of aromatic hydroxyl groups is 1. The zero-order valence-corrected chi connectivity index (χ0v) is 50.9. The number of ether oxygens (including phenoxy) is 5. The van der Waals surface area contributed by atoms with Crippen molar-refractivity contribution in [3.63, 3.8) is 0 Å². The van der Waals surface area contributed by atoms with Crippen LogP contribution in [-0.4, -0.2) is 92.1 Å². The molecule has 3 aliphatic rings. The van der Waals surface area contributed by atoms with Gasteiger partial charge in [-0.1, -0.05) is 65.1 Å². The highest BCUT2D eigenvalue weighted by atomic mass is 127. The van der Waals surface area contributed by atoms with Crippen LogP contribution in [0.1, 0.15) is 130 Å². The Kier molecular flexibility index (Phi) is 18.1. The quantitative estimate of drug-likeness (QED) is 0.0120. The standard InChI is InChI=1S/C52H36Cl4I4O17/c1-18(2)48(69)73-23-8-7-22(62)6-3-19(17-61)11-24(14-23)74-50(71)28-13-21(4-9-25(28)46(65)66)41(63)20-5-10-26(27(12-20)47(67)68)49(70)76-45-32(58)16-30-44(40(45)60)75-43-29(15-31(57)42(64)39(43)59)52(30)34-33(51(72)77-52)35(53)37(55)38(56)36(34)54/h4-5,9-10,12-13,15-16,19,22-24,61-62,64H,1,3,6-8,11,14,17H2,2H3,(H,65,66)(H,67,68)/t19?,22-,23-,24+,52?/m1/s1. The topological polar surface area (TPSA) is 267 Å². The maximum atomic E-state index is 14.2. The van der Waals surface area contributed by atoms with Crippen molar-refractivity contribution in [2.45, 2.75) is 69.4 Å². The van der Waals surface area contributed by atoms with E-state index in [1.54, 1.807) is 0 Å². The zero-order chi connectivity index (χ0) is 56.3. The molecule has 1 spiro atoms. The molecule has 8 rings (SSSR count). The van der Waals surface area contributed by atoms with Gasteiger partial charge in [-0.3, -0.25) is 4.79 Å². The second kappa shape index (κ2) is 23.6. The summed E-state index contributed by atoms with van der Waals surface area (Å²) in [6, 6.07) is 9.18. The van der Waals surface area contributed by atoms with Gasteiger partial charge in [-0.2, -0.15) is 0 Å². The molecule has 1 saturated carbocycles. The summed E-state index contributed by atoms with van der Waals surface area (Å²) in [5, 5.41) is 51.5. The van der Waals surface area contributed by atoms with Crippen LogP contribution in [-0.2, 0) is 24.6 Å². The number of rotatable bonds is 11. The summed E-state index contributed by atoms with van der Waals surface area (Å²) in [6.07, 6.45) is -1.60. The van der Waals surface area contributed by atoms with Gasteiger partial charge in [-0.05, 0) is 172 Å². The molecule has 5 N–H and O–H groups in total. The number of phenolic OH excluding ortho intramolecular Hbond substituents is 1. The van der Waals surface area contributed by atoms with Crippen molar-refractivity contribution in [1.82, 2.24) is 0 Å². The van der Waals surface area contributed by atoms with E-state index in [9.17, 15) is 59.1 Å². The normalized spacial score (nSPS) is 19.6. The molecule has 2 unspecified atom stereocenters. The molecule has 2 aliphatic heterocycles. The molecule has 1 fully saturated rings. The number of carboxylic acids is 2. The Balaban J connectivity index is 1.12. The summed E-state index contributed by atoms with van der Waals surface area (Å²) in [7, 11) is 0. The van der Waals surface area contributed by atoms with Crippen molar-refractivity contribution >= 4 is 178 Å². The van der Waals surface area contributed by atoms with Crippen molar-refractivity contribution in [3.05, 3.63) is 151 Å². The van der Waals surface area contributed by atoms with Gasteiger partial charge in [0.05, 0.1) is 75.8 Å². The third-order valence-electron chi connectivity index (χ3n) is 13.0. The van der Waals surface area contributed by atoms with Crippen molar-refractivity contribution in [2.24, 2.45) is 5.92 Å². The van der Waals surface area contributed by atoms with Gasteiger partial charge in [0.1, 0.15) is 21.5 Å². The molecule has 0 aromatic heterocycles. The number of phenols is 1. The lowest BCUT2D eigenvalue weighted by Gasteiger charge is -2.38. The van der Waals surface area contributed by atoms with Gasteiger partial charge in [-0.15, -0.1) is 0 Å². The predicted molar refractivity (Wildman–Crippen MR) is 311 cm³/mol. The highest BCUT2D eigenvalue weighted by molar-refractivity contribution is 14.1. The summed E-state index contributed by atoms with van der Waals surface area (Å²) < 4.78 is 31.0. The Morgan fingerprint density at radius 2 is 1.30 bits per heavy atom. The van der Waals surface area contributed by atoms with E-state index in [1.807, 2.05) is 90.4 Å². The van der Waals surface area contributed by atoms with Crippen LogP contribution in [0, 0.1) is 20.2 Å². The number of hydrogen-bond donors (Lipinski definition) is 5. The van der Waals surface area contributed by atoms with Gasteiger partial charge < -0.3 is 49.2 Å². The van der Waals surface area contributed by atoms with Crippen LogP contribution in [0.3, 0.4) is 0 Å². The number of esters is 4. The lowest BCUT2D eigenvalue weighted by atomic mass is 9.77. The first-order valence-electron chi connectivity index (χ1n) is 22.7. The van der Waals surface area contributed by atoms with Crippen LogP contribution in [0.25, 0.3) is 0 Å². The van der Waals surface area contributed by atoms with E-state index in [2.05, 4.69) is 6.58 Å². The maximum Gasteiger partial charge on any atom is 0.344 e. The van der Waals surface area contributed by atoms with E-state index in [0.717, 1.165) is 36.4 Å². The molecule has 5 atom stereocenters. The fourth-order valence-electron chi connectivity index (χ4n) is 9.19. The van der Waals surface area contributed by atoms with Crippen LogP contribution >= 0.6 is 137 Å². The molecule has 17 nitrogen and oxygen atoms in total. The maximum absolute atomic E-state index is 14.2. The Morgan fingerprint density at radius 1 is 0.714 bits per heavy atom. The molecule has 0 radical (unpaired) electrons. The lowest BCUT2D eigenvalue weighted by molar-refractivity contribution is -0.146. The number of halogens is 8. The molecule has 402 valence electrons. The van der Waals surface area contributed by atoms with Crippen LogP contribution in [0.5, 0.6) is 23.0 Å². The number of aromatic carboxylic acids is 2. The molecular weight excluding hydrogens is 1550 g/mol. The molecule has 5 aromatic rings. The highest BCUT2D eigenvalue weighted by Crippen LogP contribution is 2.63. The van der Waals surface area contributed by atoms with Gasteiger partial charge in [0.15, 0.2) is 28.6 Å². The first kappa shape index (κ1) is 59.1. The average molecular weight is 1580 g/mol. The van der Waals surface area contributed by atoms with Gasteiger partial charge in [-0.25, -0.2) is 28.8 Å². The summed E-state index contributed by atoms with van der Waals surface area (Å²) in [5.41, 5.74) is -4.46. The molecule has 1 aliphatic carbocycles. The number of ketones is 1.